The molecule has 1 atom stereocenters. The molecule has 0 bridgehead atoms. The monoisotopic (exact) mass is 186 g/mol. The van der Waals surface area contributed by atoms with Gasteiger partial charge in [-0.2, -0.15) is 0 Å². The molecule has 0 saturated carbocycles. The van der Waals surface area contributed by atoms with Crippen LogP contribution < -0.4 is 10.6 Å². The molecule has 0 aromatic carbocycles. The highest BCUT2D eigenvalue weighted by molar-refractivity contribution is 5.91. The maximum Gasteiger partial charge on any atom is 0.307 e. The second kappa shape index (κ2) is 3.74. The Morgan fingerprint density at radius 1 is 1.62 bits per heavy atom. The summed E-state index contributed by atoms with van der Waals surface area (Å²) in [4.78, 5) is 22.4. The molecule has 74 valence electrons. The maximum absolute atomic E-state index is 11.4. The highest BCUT2D eigenvalue weighted by Crippen LogP contribution is 2.12. The average molecular weight is 186 g/mol. The first-order chi connectivity index (χ1) is 6.08. The van der Waals surface area contributed by atoms with Crippen LogP contribution in [0.1, 0.15) is 13.3 Å². The smallest absolute Gasteiger partial charge is 0.307 e. The van der Waals surface area contributed by atoms with E-state index in [-0.39, 0.29) is 18.3 Å². The summed E-state index contributed by atoms with van der Waals surface area (Å²) in [6.07, 6.45) is 0.0648. The van der Waals surface area contributed by atoms with Crippen LogP contribution in [0, 0.1) is 0 Å². The van der Waals surface area contributed by atoms with E-state index in [1.165, 1.54) is 7.11 Å². The third kappa shape index (κ3) is 2.18. The Hall–Kier alpha value is -1.10. The van der Waals surface area contributed by atoms with Crippen molar-refractivity contribution >= 4 is 11.9 Å². The third-order valence-corrected chi connectivity index (χ3v) is 2.15. The molecular formula is C8H14N2O3. The number of ether oxygens (including phenoxy) is 1. The molecule has 5 heteroatoms. The van der Waals surface area contributed by atoms with Gasteiger partial charge >= 0.3 is 5.97 Å². The number of amides is 1. The zero-order chi connectivity index (χ0) is 9.90. The Bertz CT molecular complexity index is 229. The van der Waals surface area contributed by atoms with Gasteiger partial charge in [-0.3, -0.25) is 9.59 Å². The van der Waals surface area contributed by atoms with Crippen molar-refractivity contribution in [3.05, 3.63) is 0 Å². The Balaban J connectivity index is 2.62. The largest absolute Gasteiger partial charge is 0.469 e. The molecule has 0 aromatic rings. The number of hydrogen-bond donors (Lipinski definition) is 2. The minimum atomic E-state index is -0.814. The van der Waals surface area contributed by atoms with Gasteiger partial charge in [0.2, 0.25) is 5.91 Å². The van der Waals surface area contributed by atoms with Gasteiger partial charge in [-0.15, -0.1) is 0 Å². The highest BCUT2D eigenvalue weighted by atomic mass is 16.5. The van der Waals surface area contributed by atoms with Gasteiger partial charge in [0.1, 0.15) is 5.54 Å². The normalized spacial score (nSPS) is 28.0. The fourth-order valence-electron chi connectivity index (χ4n) is 1.29. The predicted octanol–water partition coefficient (Wildman–Crippen LogP) is -0.972. The lowest BCUT2D eigenvalue weighted by atomic mass is 9.95. The molecule has 1 fully saturated rings. The molecule has 1 aliphatic heterocycles. The Morgan fingerprint density at radius 2 is 2.31 bits per heavy atom. The first kappa shape index (κ1) is 9.98. The molecule has 1 rings (SSSR count). The van der Waals surface area contributed by atoms with Gasteiger partial charge < -0.3 is 15.4 Å². The van der Waals surface area contributed by atoms with Gasteiger partial charge in [0.25, 0.3) is 0 Å². The fourth-order valence-corrected chi connectivity index (χ4v) is 1.29. The van der Waals surface area contributed by atoms with Gasteiger partial charge in [-0.05, 0) is 6.92 Å². The van der Waals surface area contributed by atoms with Crippen LogP contribution in [0.25, 0.3) is 0 Å². The van der Waals surface area contributed by atoms with Gasteiger partial charge in [0.05, 0.1) is 13.5 Å². The van der Waals surface area contributed by atoms with Crippen molar-refractivity contribution in [1.29, 1.82) is 0 Å². The number of nitrogens with one attached hydrogen (secondary N) is 2. The number of piperazine rings is 1. The van der Waals surface area contributed by atoms with E-state index in [0.717, 1.165) is 0 Å². The number of carbonyl (C=O) groups is 2. The van der Waals surface area contributed by atoms with Crippen LogP contribution in [-0.2, 0) is 14.3 Å². The lowest BCUT2D eigenvalue weighted by Crippen LogP contribution is -2.62. The minimum Gasteiger partial charge on any atom is -0.469 e. The van der Waals surface area contributed by atoms with Gasteiger partial charge in [0, 0.05) is 13.1 Å². The van der Waals surface area contributed by atoms with Crippen LogP contribution in [0.15, 0.2) is 0 Å². The minimum absolute atomic E-state index is 0.0648. The van der Waals surface area contributed by atoms with Crippen molar-refractivity contribution in [2.45, 2.75) is 18.9 Å². The van der Waals surface area contributed by atoms with Crippen molar-refractivity contribution in [2.24, 2.45) is 0 Å². The molecule has 5 nitrogen and oxygen atoms in total. The van der Waals surface area contributed by atoms with E-state index in [4.69, 9.17) is 0 Å². The van der Waals surface area contributed by atoms with Gasteiger partial charge in [-0.1, -0.05) is 0 Å². The Labute approximate surface area is 76.8 Å². The van der Waals surface area contributed by atoms with E-state index in [1.807, 2.05) is 0 Å². The number of rotatable bonds is 2. The first-order valence-electron chi connectivity index (χ1n) is 4.18. The lowest BCUT2D eigenvalue weighted by Gasteiger charge is -2.32. The van der Waals surface area contributed by atoms with Crippen molar-refractivity contribution in [3.63, 3.8) is 0 Å². The molecule has 2 N–H and O–H groups in total. The van der Waals surface area contributed by atoms with Crippen LogP contribution in [0.3, 0.4) is 0 Å². The molecule has 1 saturated heterocycles. The van der Waals surface area contributed by atoms with Crippen LogP contribution >= 0.6 is 0 Å². The lowest BCUT2D eigenvalue weighted by molar-refractivity contribution is -0.145. The molecule has 0 aliphatic carbocycles. The zero-order valence-corrected chi connectivity index (χ0v) is 7.85. The van der Waals surface area contributed by atoms with Crippen molar-refractivity contribution < 1.29 is 14.3 Å². The third-order valence-electron chi connectivity index (χ3n) is 2.15. The maximum atomic E-state index is 11.4. The molecule has 0 spiro atoms. The average Bonchev–Trinajstić information content (AvgIpc) is 2.10. The van der Waals surface area contributed by atoms with Crippen LogP contribution in [0.5, 0.6) is 0 Å². The molecule has 1 aliphatic rings. The first-order valence-corrected chi connectivity index (χ1v) is 4.18. The zero-order valence-electron chi connectivity index (χ0n) is 7.85. The molecule has 1 unspecified atom stereocenters. The molecule has 0 aromatic heterocycles. The highest BCUT2D eigenvalue weighted by Gasteiger charge is 2.37. The summed E-state index contributed by atoms with van der Waals surface area (Å²) in [5, 5.41) is 5.69. The molecule has 1 heterocycles. The van der Waals surface area contributed by atoms with E-state index < -0.39 is 5.54 Å². The quantitative estimate of drug-likeness (QED) is 0.544. The predicted molar refractivity (Wildman–Crippen MR) is 46.1 cm³/mol. The summed E-state index contributed by atoms with van der Waals surface area (Å²) in [6.45, 7) is 2.98. The van der Waals surface area contributed by atoms with Crippen LogP contribution in [0.2, 0.25) is 0 Å². The van der Waals surface area contributed by atoms with Crippen molar-refractivity contribution in [1.82, 2.24) is 10.6 Å². The molecule has 13 heavy (non-hydrogen) atoms. The molecular weight excluding hydrogens is 172 g/mol. The summed E-state index contributed by atoms with van der Waals surface area (Å²) in [5.74, 6) is -0.531. The second-order valence-corrected chi connectivity index (χ2v) is 3.27. The summed E-state index contributed by atoms with van der Waals surface area (Å²) in [7, 11) is 1.31. The summed E-state index contributed by atoms with van der Waals surface area (Å²) >= 11 is 0. The number of methoxy groups -OCH3 is 1. The standard InChI is InChI=1S/C8H14N2O3/c1-8(5-6(11)13-2)7(12)9-3-4-10-8/h10H,3-5H2,1-2H3,(H,9,12). The topological polar surface area (TPSA) is 67.4 Å². The Morgan fingerprint density at radius 3 is 2.85 bits per heavy atom. The van der Waals surface area contributed by atoms with E-state index in [0.29, 0.717) is 13.1 Å². The van der Waals surface area contributed by atoms with Gasteiger partial charge in [-0.25, -0.2) is 0 Å². The fraction of sp³-hybridized carbons (Fsp3) is 0.750. The Kier molecular flexibility index (Phi) is 2.87. The van der Waals surface area contributed by atoms with E-state index in [9.17, 15) is 9.59 Å². The summed E-state index contributed by atoms with van der Waals surface area (Å²) in [5.41, 5.74) is -0.814. The molecule has 0 radical (unpaired) electrons. The van der Waals surface area contributed by atoms with Crippen LogP contribution in [-0.4, -0.2) is 37.6 Å². The second-order valence-electron chi connectivity index (χ2n) is 3.27. The number of hydrogen-bond acceptors (Lipinski definition) is 4. The van der Waals surface area contributed by atoms with E-state index >= 15 is 0 Å². The van der Waals surface area contributed by atoms with Gasteiger partial charge in [0.15, 0.2) is 0 Å². The summed E-state index contributed by atoms with van der Waals surface area (Å²) < 4.78 is 4.51. The summed E-state index contributed by atoms with van der Waals surface area (Å²) in [6, 6.07) is 0. The van der Waals surface area contributed by atoms with Crippen molar-refractivity contribution in [3.8, 4) is 0 Å². The molecule has 1 amide bonds. The number of carbonyl (C=O) groups excluding carboxylic acids is 2. The van der Waals surface area contributed by atoms with E-state index in [2.05, 4.69) is 15.4 Å². The van der Waals surface area contributed by atoms with Crippen LogP contribution in [0.4, 0.5) is 0 Å². The number of esters is 1. The SMILES string of the molecule is COC(=O)CC1(C)NCCNC1=O. The van der Waals surface area contributed by atoms with E-state index in [1.54, 1.807) is 6.92 Å². The van der Waals surface area contributed by atoms with Crippen molar-refractivity contribution in [2.75, 3.05) is 20.2 Å².